The van der Waals surface area contributed by atoms with Gasteiger partial charge in [0.25, 0.3) is 5.56 Å². The predicted molar refractivity (Wildman–Crippen MR) is 94.1 cm³/mol. The quantitative estimate of drug-likeness (QED) is 0.669. The van der Waals surface area contributed by atoms with E-state index < -0.39 is 5.97 Å². The Morgan fingerprint density at radius 3 is 2.40 bits per heavy atom. The van der Waals surface area contributed by atoms with E-state index in [0.717, 1.165) is 11.3 Å². The van der Waals surface area contributed by atoms with Gasteiger partial charge in [0.2, 0.25) is 0 Å². The number of hydrogen-bond acceptors (Lipinski definition) is 5. The van der Waals surface area contributed by atoms with Gasteiger partial charge in [0, 0.05) is 5.39 Å². The number of hydrogen-bond donors (Lipinski definition) is 0. The summed E-state index contributed by atoms with van der Waals surface area (Å²) < 4.78 is 11.5. The van der Waals surface area contributed by atoms with Gasteiger partial charge in [-0.2, -0.15) is 5.10 Å². The molecule has 128 valence electrons. The largest absolute Gasteiger partial charge is 0.497 e. The molecular formula is C19H18N2O4. The Kier molecular flexibility index (Phi) is 4.79. The maximum Gasteiger partial charge on any atom is 0.359 e. The molecule has 0 saturated carbocycles. The SMILES string of the molecule is CCOC(=O)c1nn(Cc2ccc(OC)cc2)c(=O)c2ccccc12. The van der Waals surface area contributed by atoms with Crippen LogP contribution in [0, 0.1) is 0 Å². The third-order valence-electron chi connectivity index (χ3n) is 3.83. The van der Waals surface area contributed by atoms with Crippen LogP contribution in [0.3, 0.4) is 0 Å². The molecule has 6 heteroatoms. The van der Waals surface area contributed by atoms with Crippen molar-refractivity contribution in [2.24, 2.45) is 0 Å². The van der Waals surface area contributed by atoms with Crippen LogP contribution in [0.5, 0.6) is 5.75 Å². The van der Waals surface area contributed by atoms with Crippen molar-refractivity contribution in [3.05, 3.63) is 70.1 Å². The first-order valence-corrected chi connectivity index (χ1v) is 7.94. The van der Waals surface area contributed by atoms with E-state index in [1.807, 2.05) is 24.3 Å². The standard InChI is InChI=1S/C19H18N2O4/c1-3-25-19(23)17-15-6-4-5-7-16(15)18(22)21(20-17)12-13-8-10-14(24-2)11-9-13/h4-11H,3,12H2,1-2H3. The molecule has 6 nitrogen and oxygen atoms in total. The summed E-state index contributed by atoms with van der Waals surface area (Å²) in [5.74, 6) is 0.192. The van der Waals surface area contributed by atoms with Crippen molar-refractivity contribution >= 4 is 16.7 Å². The average Bonchev–Trinajstić information content (AvgIpc) is 2.65. The van der Waals surface area contributed by atoms with Gasteiger partial charge in [-0.15, -0.1) is 0 Å². The summed E-state index contributed by atoms with van der Waals surface area (Å²) in [6.45, 7) is 2.22. The van der Waals surface area contributed by atoms with Crippen molar-refractivity contribution in [1.82, 2.24) is 9.78 Å². The molecule has 0 radical (unpaired) electrons. The summed E-state index contributed by atoms with van der Waals surface area (Å²) >= 11 is 0. The first-order valence-electron chi connectivity index (χ1n) is 7.94. The second kappa shape index (κ2) is 7.17. The Labute approximate surface area is 144 Å². The molecule has 0 atom stereocenters. The zero-order valence-electron chi connectivity index (χ0n) is 14.1. The Morgan fingerprint density at radius 1 is 1.08 bits per heavy atom. The third kappa shape index (κ3) is 3.38. The number of benzene rings is 2. The predicted octanol–water partition coefficient (Wildman–Crippen LogP) is 2.63. The molecule has 1 heterocycles. The molecule has 0 aliphatic rings. The lowest BCUT2D eigenvalue weighted by atomic mass is 10.1. The average molecular weight is 338 g/mol. The van der Waals surface area contributed by atoms with Crippen molar-refractivity contribution in [2.75, 3.05) is 13.7 Å². The lowest BCUT2D eigenvalue weighted by Crippen LogP contribution is -2.27. The number of nitrogens with zero attached hydrogens (tertiary/aromatic N) is 2. The van der Waals surface area contributed by atoms with Gasteiger partial charge in [-0.25, -0.2) is 9.48 Å². The van der Waals surface area contributed by atoms with Crippen molar-refractivity contribution in [2.45, 2.75) is 13.5 Å². The minimum atomic E-state index is -0.540. The highest BCUT2D eigenvalue weighted by molar-refractivity contribution is 6.02. The molecule has 0 amide bonds. The van der Waals surface area contributed by atoms with E-state index in [0.29, 0.717) is 10.8 Å². The molecule has 0 spiro atoms. The number of carbonyl (C=O) groups is 1. The Morgan fingerprint density at radius 2 is 1.76 bits per heavy atom. The fourth-order valence-electron chi connectivity index (χ4n) is 2.60. The third-order valence-corrected chi connectivity index (χ3v) is 3.83. The Balaban J connectivity index is 2.09. The first-order chi connectivity index (χ1) is 12.1. The van der Waals surface area contributed by atoms with E-state index in [1.54, 1.807) is 38.3 Å². The topological polar surface area (TPSA) is 70.4 Å². The van der Waals surface area contributed by atoms with E-state index >= 15 is 0 Å². The summed E-state index contributed by atoms with van der Waals surface area (Å²) in [6, 6.07) is 14.2. The summed E-state index contributed by atoms with van der Waals surface area (Å²) in [7, 11) is 1.59. The van der Waals surface area contributed by atoms with Crippen molar-refractivity contribution in [3.63, 3.8) is 0 Å². The van der Waals surface area contributed by atoms with Crippen LogP contribution in [0.1, 0.15) is 23.0 Å². The maximum atomic E-state index is 12.7. The smallest absolute Gasteiger partial charge is 0.359 e. The number of fused-ring (bicyclic) bond motifs is 1. The van der Waals surface area contributed by atoms with Gasteiger partial charge in [0.15, 0.2) is 5.69 Å². The van der Waals surface area contributed by atoms with Crippen molar-refractivity contribution < 1.29 is 14.3 Å². The van der Waals surface area contributed by atoms with E-state index in [4.69, 9.17) is 9.47 Å². The fourth-order valence-corrected chi connectivity index (χ4v) is 2.60. The number of methoxy groups -OCH3 is 1. The van der Waals surface area contributed by atoms with Gasteiger partial charge in [0.1, 0.15) is 5.75 Å². The van der Waals surface area contributed by atoms with E-state index in [9.17, 15) is 9.59 Å². The highest BCUT2D eigenvalue weighted by Gasteiger charge is 2.17. The van der Waals surface area contributed by atoms with Crippen LogP contribution < -0.4 is 10.3 Å². The minimum absolute atomic E-state index is 0.144. The molecule has 0 aliphatic carbocycles. The van der Waals surface area contributed by atoms with Gasteiger partial charge in [0.05, 0.1) is 25.6 Å². The monoisotopic (exact) mass is 338 g/mol. The normalized spacial score (nSPS) is 10.6. The molecule has 0 fully saturated rings. The van der Waals surface area contributed by atoms with E-state index in [1.165, 1.54) is 4.68 Å². The molecule has 3 aromatic rings. The molecule has 0 unspecified atom stereocenters. The Hall–Kier alpha value is -3.15. The Bertz CT molecular complexity index is 961. The second-order valence-electron chi connectivity index (χ2n) is 5.43. The van der Waals surface area contributed by atoms with Gasteiger partial charge in [-0.05, 0) is 30.7 Å². The zero-order chi connectivity index (χ0) is 17.8. The van der Waals surface area contributed by atoms with Gasteiger partial charge in [-0.1, -0.05) is 30.3 Å². The molecule has 0 aliphatic heterocycles. The van der Waals surface area contributed by atoms with Crippen LogP contribution in [0.2, 0.25) is 0 Å². The van der Waals surface area contributed by atoms with E-state index in [-0.39, 0.29) is 24.4 Å². The summed E-state index contributed by atoms with van der Waals surface area (Å²) in [5, 5.41) is 5.19. The van der Waals surface area contributed by atoms with Crippen molar-refractivity contribution in [3.8, 4) is 5.75 Å². The van der Waals surface area contributed by atoms with Gasteiger partial charge in [-0.3, -0.25) is 4.79 Å². The fraction of sp³-hybridized carbons (Fsp3) is 0.211. The van der Waals surface area contributed by atoms with Crippen molar-refractivity contribution in [1.29, 1.82) is 0 Å². The van der Waals surface area contributed by atoms with Gasteiger partial charge < -0.3 is 9.47 Å². The van der Waals surface area contributed by atoms with Gasteiger partial charge >= 0.3 is 5.97 Å². The molecule has 0 bridgehead atoms. The van der Waals surface area contributed by atoms with Crippen LogP contribution in [0.25, 0.3) is 10.8 Å². The summed E-state index contributed by atoms with van der Waals surface area (Å²) in [5.41, 5.74) is 0.769. The molecule has 0 N–H and O–H groups in total. The number of rotatable bonds is 5. The number of esters is 1. The lowest BCUT2D eigenvalue weighted by molar-refractivity contribution is 0.0519. The van der Waals surface area contributed by atoms with E-state index in [2.05, 4.69) is 5.10 Å². The van der Waals surface area contributed by atoms with Crippen LogP contribution in [-0.4, -0.2) is 29.5 Å². The first kappa shape index (κ1) is 16.7. The molecule has 3 rings (SSSR count). The maximum absolute atomic E-state index is 12.7. The van der Waals surface area contributed by atoms with Crippen LogP contribution in [-0.2, 0) is 11.3 Å². The molecule has 0 saturated heterocycles. The molecule has 2 aromatic carbocycles. The number of ether oxygens (including phenoxy) is 2. The molecular weight excluding hydrogens is 320 g/mol. The highest BCUT2D eigenvalue weighted by Crippen LogP contribution is 2.16. The summed E-state index contributed by atoms with van der Waals surface area (Å²) in [4.78, 5) is 25.0. The van der Waals surface area contributed by atoms with Crippen LogP contribution in [0.15, 0.2) is 53.3 Å². The number of aromatic nitrogens is 2. The molecule has 1 aromatic heterocycles. The summed E-state index contributed by atoms with van der Waals surface area (Å²) in [6.07, 6.45) is 0. The van der Waals surface area contributed by atoms with Crippen LogP contribution >= 0.6 is 0 Å². The van der Waals surface area contributed by atoms with Crippen LogP contribution in [0.4, 0.5) is 0 Å². The lowest BCUT2D eigenvalue weighted by Gasteiger charge is -2.11. The minimum Gasteiger partial charge on any atom is -0.497 e. The number of carbonyl (C=O) groups excluding carboxylic acids is 1. The zero-order valence-corrected chi connectivity index (χ0v) is 14.1. The second-order valence-corrected chi connectivity index (χ2v) is 5.43. The molecule has 25 heavy (non-hydrogen) atoms. The highest BCUT2D eigenvalue weighted by atomic mass is 16.5.